The minimum absolute atomic E-state index is 0.0139. The molecule has 1 aromatic carbocycles. The SMILES string of the molecule is CCC(=O)CC[C@H](NC(=O)c1ccc(C(C)(C)C)cc1)C(=O)O. The van der Waals surface area contributed by atoms with Gasteiger partial charge < -0.3 is 10.4 Å². The van der Waals surface area contributed by atoms with Crippen LogP contribution in [0.5, 0.6) is 0 Å². The first-order valence-corrected chi connectivity index (χ1v) is 7.81. The Bertz CT molecular complexity index is 570. The van der Waals surface area contributed by atoms with E-state index in [1.54, 1.807) is 19.1 Å². The lowest BCUT2D eigenvalue weighted by atomic mass is 9.86. The number of carbonyl (C=O) groups excluding carboxylic acids is 2. The molecule has 0 aromatic heterocycles. The predicted octanol–water partition coefficient (Wildman–Crippen LogP) is 2.93. The highest BCUT2D eigenvalue weighted by atomic mass is 16.4. The van der Waals surface area contributed by atoms with Gasteiger partial charge in [-0.05, 0) is 29.5 Å². The molecule has 0 aliphatic rings. The first-order valence-electron chi connectivity index (χ1n) is 7.81. The van der Waals surface area contributed by atoms with Crippen molar-refractivity contribution in [3.8, 4) is 0 Å². The number of carboxylic acid groups (broad SMARTS) is 1. The van der Waals surface area contributed by atoms with E-state index in [0.717, 1.165) is 5.56 Å². The molecule has 0 radical (unpaired) electrons. The summed E-state index contributed by atoms with van der Waals surface area (Å²) in [6.07, 6.45) is 0.624. The third-order valence-electron chi connectivity index (χ3n) is 3.72. The fourth-order valence-electron chi connectivity index (χ4n) is 2.10. The summed E-state index contributed by atoms with van der Waals surface area (Å²) in [5.74, 6) is -1.59. The van der Waals surface area contributed by atoms with Crippen molar-refractivity contribution >= 4 is 17.7 Å². The van der Waals surface area contributed by atoms with Crippen LogP contribution in [0.25, 0.3) is 0 Å². The maximum Gasteiger partial charge on any atom is 0.326 e. The van der Waals surface area contributed by atoms with Crippen LogP contribution >= 0.6 is 0 Å². The van der Waals surface area contributed by atoms with E-state index in [2.05, 4.69) is 26.1 Å². The van der Waals surface area contributed by atoms with Crippen molar-refractivity contribution in [2.24, 2.45) is 0 Å². The van der Waals surface area contributed by atoms with Gasteiger partial charge >= 0.3 is 5.97 Å². The number of rotatable bonds is 7. The lowest BCUT2D eigenvalue weighted by molar-refractivity contribution is -0.139. The molecule has 0 spiro atoms. The van der Waals surface area contributed by atoms with Crippen molar-refractivity contribution in [2.45, 2.75) is 58.4 Å². The van der Waals surface area contributed by atoms with Crippen LogP contribution in [0.4, 0.5) is 0 Å². The molecule has 0 unspecified atom stereocenters. The minimum Gasteiger partial charge on any atom is -0.480 e. The van der Waals surface area contributed by atoms with Crippen LogP contribution in [0.15, 0.2) is 24.3 Å². The Morgan fingerprint density at radius 2 is 1.70 bits per heavy atom. The molecular weight excluding hydrogens is 294 g/mol. The lowest BCUT2D eigenvalue weighted by Crippen LogP contribution is -2.41. The van der Waals surface area contributed by atoms with Gasteiger partial charge in [0.15, 0.2) is 0 Å². The molecule has 0 bridgehead atoms. The van der Waals surface area contributed by atoms with Gasteiger partial charge in [0.05, 0.1) is 0 Å². The normalized spacial score (nSPS) is 12.5. The van der Waals surface area contributed by atoms with Gasteiger partial charge in [0.2, 0.25) is 0 Å². The molecule has 1 aromatic rings. The van der Waals surface area contributed by atoms with Crippen LogP contribution in [0.3, 0.4) is 0 Å². The summed E-state index contributed by atoms with van der Waals surface area (Å²) in [4.78, 5) is 34.7. The Balaban J connectivity index is 2.75. The number of hydrogen-bond donors (Lipinski definition) is 2. The van der Waals surface area contributed by atoms with Crippen LogP contribution in [0.1, 0.15) is 62.9 Å². The standard InChI is InChI=1S/C18H25NO4/c1-5-14(20)10-11-15(17(22)23)19-16(21)12-6-8-13(9-7-12)18(2,3)4/h6-9,15H,5,10-11H2,1-4H3,(H,19,21)(H,22,23)/t15-/m0/s1. The van der Waals surface area contributed by atoms with Gasteiger partial charge in [-0.2, -0.15) is 0 Å². The maximum absolute atomic E-state index is 12.2. The predicted molar refractivity (Wildman–Crippen MR) is 88.6 cm³/mol. The number of hydrogen-bond acceptors (Lipinski definition) is 3. The van der Waals surface area contributed by atoms with Crippen molar-refractivity contribution in [1.29, 1.82) is 0 Å². The molecule has 2 N–H and O–H groups in total. The van der Waals surface area contributed by atoms with Crippen LogP contribution in [-0.2, 0) is 15.0 Å². The highest BCUT2D eigenvalue weighted by Gasteiger charge is 2.22. The van der Waals surface area contributed by atoms with Gasteiger partial charge in [0.25, 0.3) is 5.91 Å². The number of carbonyl (C=O) groups is 3. The zero-order valence-electron chi connectivity index (χ0n) is 14.2. The van der Waals surface area contributed by atoms with Gasteiger partial charge in [-0.1, -0.05) is 39.8 Å². The van der Waals surface area contributed by atoms with Crippen LogP contribution in [0, 0.1) is 0 Å². The molecule has 126 valence electrons. The van der Waals surface area contributed by atoms with E-state index in [1.807, 2.05) is 12.1 Å². The topological polar surface area (TPSA) is 83.5 Å². The fourth-order valence-corrected chi connectivity index (χ4v) is 2.10. The van der Waals surface area contributed by atoms with Gasteiger partial charge in [-0.3, -0.25) is 9.59 Å². The highest BCUT2D eigenvalue weighted by Crippen LogP contribution is 2.22. The van der Waals surface area contributed by atoms with E-state index in [4.69, 9.17) is 0 Å². The van der Waals surface area contributed by atoms with Crippen molar-refractivity contribution in [1.82, 2.24) is 5.32 Å². The van der Waals surface area contributed by atoms with E-state index in [-0.39, 0.29) is 24.0 Å². The lowest BCUT2D eigenvalue weighted by Gasteiger charge is -2.19. The van der Waals surface area contributed by atoms with Gasteiger partial charge in [-0.15, -0.1) is 0 Å². The van der Waals surface area contributed by atoms with Crippen molar-refractivity contribution in [2.75, 3.05) is 0 Å². The molecule has 1 rings (SSSR count). The second kappa shape index (κ2) is 7.90. The third kappa shape index (κ3) is 5.85. The van der Waals surface area contributed by atoms with Crippen LogP contribution in [-0.4, -0.2) is 28.8 Å². The van der Waals surface area contributed by atoms with Gasteiger partial charge in [0.1, 0.15) is 11.8 Å². The summed E-state index contributed by atoms with van der Waals surface area (Å²) < 4.78 is 0. The largest absolute Gasteiger partial charge is 0.480 e. The maximum atomic E-state index is 12.2. The number of amides is 1. The Morgan fingerprint density at radius 3 is 2.13 bits per heavy atom. The number of Topliss-reactive ketones (excluding diaryl/α,β-unsaturated/α-hetero) is 1. The third-order valence-corrected chi connectivity index (χ3v) is 3.72. The fraction of sp³-hybridized carbons (Fsp3) is 0.500. The van der Waals surface area contributed by atoms with E-state index in [1.165, 1.54) is 0 Å². The molecule has 0 aliphatic carbocycles. The summed E-state index contributed by atoms with van der Waals surface area (Å²) >= 11 is 0. The first-order chi connectivity index (χ1) is 10.6. The number of nitrogens with one attached hydrogen (secondary N) is 1. The smallest absolute Gasteiger partial charge is 0.326 e. The van der Waals surface area contributed by atoms with Crippen LogP contribution < -0.4 is 5.32 Å². The Morgan fingerprint density at radius 1 is 1.13 bits per heavy atom. The van der Waals surface area contributed by atoms with Gasteiger partial charge in [-0.25, -0.2) is 4.79 Å². The molecule has 0 fully saturated rings. The monoisotopic (exact) mass is 319 g/mol. The molecule has 1 amide bonds. The second-order valence-corrected chi connectivity index (χ2v) is 6.62. The summed E-state index contributed by atoms with van der Waals surface area (Å²) in [6.45, 7) is 7.96. The molecule has 0 saturated carbocycles. The highest BCUT2D eigenvalue weighted by molar-refractivity contribution is 5.96. The molecule has 0 heterocycles. The number of carboxylic acids is 1. The summed E-state index contributed by atoms with van der Waals surface area (Å²) in [5, 5.41) is 11.7. The average Bonchev–Trinajstić information content (AvgIpc) is 2.49. The van der Waals surface area contributed by atoms with Crippen LogP contribution in [0.2, 0.25) is 0 Å². The minimum atomic E-state index is -1.13. The zero-order chi connectivity index (χ0) is 17.6. The van der Waals surface area contributed by atoms with Gasteiger partial charge in [0, 0.05) is 18.4 Å². The Hall–Kier alpha value is -2.17. The summed E-state index contributed by atoms with van der Waals surface area (Å²) in [5.41, 5.74) is 1.49. The second-order valence-electron chi connectivity index (χ2n) is 6.62. The number of ketones is 1. The van der Waals surface area contributed by atoms with E-state index >= 15 is 0 Å². The molecule has 1 atom stereocenters. The number of benzene rings is 1. The molecule has 0 saturated heterocycles. The molecule has 23 heavy (non-hydrogen) atoms. The van der Waals surface area contributed by atoms with E-state index in [0.29, 0.717) is 12.0 Å². The molecule has 5 nitrogen and oxygen atoms in total. The van der Waals surface area contributed by atoms with Crippen molar-refractivity contribution < 1.29 is 19.5 Å². The van der Waals surface area contributed by atoms with E-state index < -0.39 is 17.9 Å². The zero-order valence-corrected chi connectivity index (χ0v) is 14.2. The first kappa shape index (κ1) is 18.9. The molecular formula is C18H25NO4. The Kier molecular flexibility index (Phi) is 6.49. The average molecular weight is 319 g/mol. The van der Waals surface area contributed by atoms with E-state index in [9.17, 15) is 19.5 Å². The number of aliphatic carboxylic acids is 1. The summed E-state index contributed by atoms with van der Waals surface area (Å²) in [6, 6.07) is 6.05. The van der Waals surface area contributed by atoms with Crippen molar-refractivity contribution in [3.05, 3.63) is 35.4 Å². The van der Waals surface area contributed by atoms with Crippen molar-refractivity contribution in [3.63, 3.8) is 0 Å². The molecule has 0 aliphatic heterocycles. The molecule has 5 heteroatoms. The summed E-state index contributed by atoms with van der Waals surface area (Å²) in [7, 11) is 0. The Labute approximate surface area is 137 Å². The quantitative estimate of drug-likeness (QED) is 0.809.